The highest BCUT2D eigenvalue weighted by Crippen LogP contribution is 2.58. The van der Waals surface area contributed by atoms with E-state index in [0.29, 0.717) is 18.1 Å². The van der Waals surface area contributed by atoms with Crippen molar-refractivity contribution in [2.75, 3.05) is 0 Å². The first kappa shape index (κ1) is 25.7. The van der Waals surface area contributed by atoms with E-state index in [-0.39, 0.29) is 5.04 Å². The number of nitrogens with zero attached hydrogens (tertiary/aromatic N) is 1. The van der Waals surface area contributed by atoms with Gasteiger partial charge in [0.2, 0.25) is 0 Å². The van der Waals surface area contributed by atoms with Crippen molar-refractivity contribution in [1.29, 1.82) is 0 Å². The average Bonchev–Trinajstić information content (AvgIpc) is 3.12. The third-order valence-electron chi connectivity index (χ3n) is 10.9. The van der Waals surface area contributed by atoms with E-state index in [4.69, 9.17) is 4.43 Å². The molecule has 1 saturated heterocycles. The normalized spacial score (nSPS) is 30.8. The second-order valence-corrected chi connectivity index (χ2v) is 18.3. The van der Waals surface area contributed by atoms with E-state index in [2.05, 4.69) is 117 Å². The fraction of sp³-hybridized carbons (Fsp3) is 0.500. The third kappa shape index (κ3) is 4.28. The molecule has 2 nitrogen and oxygen atoms in total. The summed E-state index contributed by atoms with van der Waals surface area (Å²) in [4.78, 5) is 3.01. The Bertz CT molecular complexity index is 1210. The van der Waals surface area contributed by atoms with Crippen LogP contribution in [0.1, 0.15) is 64.9 Å². The molecule has 6 atom stereocenters. The maximum atomic E-state index is 8.02. The van der Waals surface area contributed by atoms with Gasteiger partial charge in [0.1, 0.15) is 0 Å². The van der Waals surface area contributed by atoms with Crippen LogP contribution in [0.2, 0.25) is 5.04 Å². The first-order valence-corrected chi connectivity index (χ1v) is 17.4. The van der Waals surface area contributed by atoms with Crippen LogP contribution in [-0.2, 0) is 11.0 Å². The number of rotatable bonds is 7. The Labute approximate surface area is 236 Å². The molecule has 4 fully saturated rings. The predicted molar refractivity (Wildman–Crippen MR) is 164 cm³/mol. The Kier molecular flexibility index (Phi) is 6.61. The summed E-state index contributed by atoms with van der Waals surface area (Å²) in [7, 11) is -2.61. The molecule has 7 rings (SSSR count). The van der Waals surface area contributed by atoms with Crippen molar-refractivity contribution in [2.45, 2.75) is 89.1 Å². The standard InChI is InChI=1S/C36H45NOSi/c1-36(2,3)39(31-18-9-5-10-19-31,32-20-11-6-12-21-32)38-35-30-23-28-22-29(24-30)34(35)37(33(28)27-16-13-17-27)25-26-14-7-4-8-15-26/h4-12,14-15,18-21,27-30,33-35H,13,16-17,22-25H2,1-3H3/t28?,29?,30?,33?,34?,35-/m0/s1. The van der Waals surface area contributed by atoms with E-state index < -0.39 is 8.32 Å². The van der Waals surface area contributed by atoms with Crippen LogP contribution in [0, 0.1) is 23.7 Å². The van der Waals surface area contributed by atoms with Crippen LogP contribution >= 0.6 is 0 Å². The van der Waals surface area contributed by atoms with Gasteiger partial charge in [-0.15, -0.1) is 0 Å². The molecule has 3 aliphatic carbocycles. The van der Waals surface area contributed by atoms with Crippen molar-refractivity contribution in [3.05, 3.63) is 96.6 Å². The summed E-state index contributed by atoms with van der Waals surface area (Å²) < 4.78 is 8.02. The minimum absolute atomic E-state index is 0.0159. The van der Waals surface area contributed by atoms with E-state index in [0.717, 1.165) is 30.3 Å². The zero-order valence-corrected chi connectivity index (χ0v) is 25.0. The van der Waals surface area contributed by atoms with Crippen LogP contribution in [0.15, 0.2) is 91.0 Å². The zero-order valence-electron chi connectivity index (χ0n) is 24.0. The molecular weight excluding hydrogens is 490 g/mol. The van der Waals surface area contributed by atoms with Gasteiger partial charge in [0, 0.05) is 18.6 Å². The van der Waals surface area contributed by atoms with Gasteiger partial charge >= 0.3 is 0 Å². The molecule has 5 unspecified atom stereocenters. The molecule has 0 spiro atoms. The highest BCUT2D eigenvalue weighted by atomic mass is 28.4. The van der Waals surface area contributed by atoms with Crippen molar-refractivity contribution < 1.29 is 4.43 Å². The molecule has 0 radical (unpaired) electrons. The number of fused-ring (bicyclic) bond motifs is 2. The molecule has 4 aliphatic rings. The van der Waals surface area contributed by atoms with Gasteiger partial charge in [0.15, 0.2) is 0 Å². The fourth-order valence-corrected chi connectivity index (χ4v) is 14.0. The molecule has 0 aromatic heterocycles. The maximum absolute atomic E-state index is 8.02. The van der Waals surface area contributed by atoms with Crippen molar-refractivity contribution in [1.82, 2.24) is 4.90 Å². The maximum Gasteiger partial charge on any atom is 0.261 e. The van der Waals surface area contributed by atoms with Gasteiger partial charge < -0.3 is 4.43 Å². The average molecular weight is 536 g/mol. The van der Waals surface area contributed by atoms with Gasteiger partial charge in [-0.1, -0.05) is 118 Å². The molecule has 3 saturated carbocycles. The van der Waals surface area contributed by atoms with Crippen LogP contribution in [0.3, 0.4) is 0 Å². The van der Waals surface area contributed by atoms with Gasteiger partial charge in [-0.3, -0.25) is 4.90 Å². The van der Waals surface area contributed by atoms with Crippen LogP contribution in [0.4, 0.5) is 0 Å². The van der Waals surface area contributed by atoms with E-state index in [1.54, 1.807) is 0 Å². The minimum atomic E-state index is -2.61. The Balaban J connectivity index is 1.34. The molecule has 3 aromatic rings. The lowest BCUT2D eigenvalue weighted by Crippen LogP contribution is -2.69. The smallest absolute Gasteiger partial charge is 0.261 e. The van der Waals surface area contributed by atoms with Crippen molar-refractivity contribution >= 4 is 18.7 Å². The summed E-state index contributed by atoms with van der Waals surface area (Å²) in [6.07, 6.45) is 8.72. The number of piperidine rings is 1. The first-order chi connectivity index (χ1) is 19.0. The quantitative estimate of drug-likeness (QED) is 0.301. The lowest BCUT2D eigenvalue weighted by molar-refractivity contribution is -0.0596. The number of hydrogen-bond donors (Lipinski definition) is 0. The molecule has 1 aliphatic heterocycles. The van der Waals surface area contributed by atoms with Crippen LogP contribution in [0.5, 0.6) is 0 Å². The van der Waals surface area contributed by atoms with Crippen molar-refractivity contribution in [3.63, 3.8) is 0 Å². The summed E-state index contributed by atoms with van der Waals surface area (Å²) in [5.41, 5.74) is 1.47. The summed E-state index contributed by atoms with van der Waals surface area (Å²) in [6.45, 7) is 8.40. The number of likely N-dealkylation sites (tertiary alicyclic amines) is 1. The zero-order chi connectivity index (χ0) is 26.6. The van der Waals surface area contributed by atoms with Crippen LogP contribution in [-0.4, -0.2) is 31.4 Å². The Morgan fingerprint density at radius 2 is 1.18 bits per heavy atom. The van der Waals surface area contributed by atoms with Gasteiger partial charge in [0.25, 0.3) is 8.32 Å². The molecule has 3 aromatic carbocycles. The lowest BCUT2D eigenvalue weighted by atomic mass is 9.65. The van der Waals surface area contributed by atoms with Crippen LogP contribution in [0.25, 0.3) is 0 Å². The van der Waals surface area contributed by atoms with Gasteiger partial charge in [-0.2, -0.15) is 0 Å². The number of benzene rings is 3. The van der Waals surface area contributed by atoms with E-state index >= 15 is 0 Å². The second-order valence-electron chi connectivity index (χ2n) is 14.1. The Morgan fingerprint density at radius 1 is 0.667 bits per heavy atom. The van der Waals surface area contributed by atoms with Gasteiger partial charge in [-0.05, 0) is 76.8 Å². The summed E-state index contributed by atoms with van der Waals surface area (Å²) in [5.74, 6) is 3.18. The van der Waals surface area contributed by atoms with Gasteiger partial charge in [0.05, 0.1) is 6.10 Å². The Morgan fingerprint density at radius 3 is 1.69 bits per heavy atom. The third-order valence-corrected chi connectivity index (χ3v) is 16.0. The first-order valence-electron chi connectivity index (χ1n) is 15.5. The molecule has 39 heavy (non-hydrogen) atoms. The second kappa shape index (κ2) is 10.0. The van der Waals surface area contributed by atoms with Gasteiger partial charge in [-0.25, -0.2) is 0 Å². The molecule has 3 heteroatoms. The highest BCUT2D eigenvalue weighted by molar-refractivity contribution is 6.99. The molecular formula is C36H45NOSi. The number of hydrogen-bond acceptors (Lipinski definition) is 2. The van der Waals surface area contributed by atoms with Crippen molar-refractivity contribution in [2.24, 2.45) is 23.7 Å². The summed E-state index contributed by atoms with van der Waals surface area (Å²) in [6, 6.07) is 35.2. The molecule has 3 bridgehead atoms. The van der Waals surface area contributed by atoms with E-state index in [1.807, 2.05) is 0 Å². The Hall–Kier alpha value is -2.20. The summed E-state index contributed by atoms with van der Waals surface area (Å²) in [5, 5.41) is 2.86. The predicted octanol–water partition coefficient (Wildman–Crippen LogP) is 7.03. The highest BCUT2D eigenvalue weighted by Gasteiger charge is 2.62. The molecule has 0 N–H and O–H groups in total. The van der Waals surface area contributed by atoms with E-state index in [1.165, 1.54) is 54.5 Å². The topological polar surface area (TPSA) is 12.5 Å². The molecule has 1 heterocycles. The molecule has 204 valence electrons. The minimum Gasteiger partial charge on any atom is -0.403 e. The molecule has 0 amide bonds. The fourth-order valence-electron chi connectivity index (χ4n) is 9.26. The monoisotopic (exact) mass is 535 g/mol. The SMILES string of the molecule is CC(C)(C)[Si](O[C@H]1C2CC3CC(C2)C1N(Cc1ccccc1)C3C1CCC1)(c1ccccc1)c1ccccc1. The van der Waals surface area contributed by atoms with Crippen molar-refractivity contribution in [3.8, 4) is 0 Å². The van der Waals surface area contributed by atoms with E-state index in [9.17, 15) is 0 Å². The van der Waals surface area contributed by atoms with Crippen LogP contribution < -0.4 is 10.4 Å². The largest absolute Gasteiger partial charge is 0.403 e. The lowest BCUT2D eigenvalue weighted by Gasteiger charge is -2.54. The summed E-state index contributed by atoms with van der Waals surface area (Å²) >= 11 is 0.